The molecule has 0 spiro atoms. The zero-order valence-electron chi connectivity index (χ0n) is 7.01. The van der Waals surface area contributed by atoms with Crippen molar-refractivity contribution in [3.8, 4) is 0 Å². The van der Waals surface area contributed by atoms with Crippen molar-refractivity contribution in [1.29, 1.82) is 0 Å². The third kappa shape index (κ3) is 2.47. The van der Waals surface area contributed by atoms with Gasteiger partial charge < -0.3 is 5.73 Å². The molecular weight excluding hydrogens is 177 g/mol. The number of halogens is 2. The third-order valence-corrected chi connectivity index (χ3v) is 1.75. The van der Waals surface area contributed by atoms with E-state index in [9.17, 15) is 4.39 Å². The predicted octanol–water partition coefficient (Wildman–Crippen LogP) is 2.06. The lowest BCUT2D eigenvalue weighted by Crippen LogP contribution is -2.05. The van der Waals surface area contributed by atoms with Crippen LogP contribution in [0.2, 0.25) is 0 Å². The number of hydrogen-bond acceptors (Lipinski definition) is 1. The molecule has 0 fully saturated rings. The smallest absolute Gasteiger partial charge is 0.126 e. The van der Waals surface area contributed by atoms with Gasteiger partial charge in [0.15, 0.2) is 0 Å². The molecule has 1 aromatic carbocycles. The van der Waals surface area contributed by atoms with Gasteiger partial charge in [0.25, 0.3) is 0 Å². The first-order valence-corrected chi connectivity index (χ1v) is 3.69. The van der Waals surface area contributed by atoms with Gasteiger partial charge in [-0.3, -0.25) is 0 Å². The van der Waals surface area contributed by atoms with Crippen LogP contribution in [-0.4, -0.2) is 6.54 Å². The van der Waals surface area contributed by atoms with Crippen LogP contribution in [0.3, 0.4) is 0 Å². The first-order valence-electron chi connectivity index (χ1n) is 3.69. The van der Waals surface area contributed by atoms with Crippen LogP contribution in [0, 0.1) is 12.7 Å². The second kappa shape index (κ2) is 5.12. The summed E-state index contributed by atoms with van der Waals surface area (Å²) in [7, 11) is 0. The van der Waals surface area contributed by atoms with Crippen LogP contribution in [0.5, 0.6) is 0 Å². The van der Waals surface area contributed by atoms with E-state index in [0.717, 1.165) is 11.1 Å². The highest BCUT2D eigenvalue weighted by Gasteiger charge is 2.02. The second-order valence-corrected chi connectivity index (χ2v) is 2.57. The fraction of sp³-hybridized carbons (Fsp3) is 0.333. The number of rotatable bonds is 2. The van der Waals surface area contributed by atoms with Gasteiger partial charge >= 0.3 is 0 Å². The van der Waals surface area contributed by atoms with Gasteiger partial charge in [-0.1, -0.05) is 12.1 Å². The van der Waals surface area contributed by atoms with E-state index in [1.165, 1.54) is 6.07 Å². The number of aryl methyl sites for hydroxylation is 1. The monoisotopic (exact) mass is 189 g/mol. The van der Waals surface area contributed by atoms with E-state index in [1.54, 1.807) is 6.07 Å². The third-order valence-electron chi connectivity index (χ3n) is 1.75. The average molecular weight is 190 g/mol. The first kappa shape index (κ1) is 11.4. The largest absolute Gasteiger partial charge is 0.330 e. The second-order valence-electron chi connectivity index (χ2n) is 2.57. The summed E-state index contributed by atoms with van der Waals surface area (Å²) in [5.74, 6) is -0.143. The zero-order chi connectivity index (χ0) is 8.27. The number of nitrogens with two attached hydrogens (primary N) is 1. The standard InChI is InChI=1S/C9H12FN.ClH/c1-7-3-2-4-9(10)8(7)5-6-11;/h2-4H,5-6,11H2,1H3;1H. The molecule has 0 unspecified atom stereocenters. The van der Waals surface area contributed by atoms with Gasteiger partial charge in [-0.2, -0.15) is 0 Å². The lowest BCUT2D eigenvalue weighted by Gasteiger charge is -2.03. The summed E-state index contributed by atoms with van der Waals surface area (Å²) in [4.78, 5) is 0. The Labute approximate surface area is 78.2 Å². The topological polar surface area (TPSA) is 26.0 Å². The van der Waals surface area contributed by atoms with Crippen LogP contribution in [-0.2, 0) is 6.42 Å². The fourth-order valence-corrected chi connectivity index (χ4v) is 1.13. The molecule has 0 saturated heterocycles. The summed E-state index contributed by atoms with van der Waals surface area (Å²) in [5, 5.41) is 0. The Morgan fingerprint density at radius 3 is 2.58 bits per heavy atom. The lowest BCUT2D eigenvalue weighted by molar-refractivity contribution is 0.607. The van der Waals surface area contributed by atoms with Gasteiger partial charge in [0.1, 0.15) is 5.82 Å². The predicted molar refractivity (Wildman–Crippen MR) is 51.1 cm³/mol. The fourth-order valence-electron chi connectivity index (χ4n) is 1.13. The summed E-state index contributed by atoms with van der Waals surface area (Å²) < 4.78 is 13.0. The van der Waals surface area contributed by atoms with E-state index in [2.05, 4.69) is 0 Å². The van der Waals surface area contributed by atoms with E-state index in [1.807, 2.05) is 13.0 Å². The Hall–Kier alpha value is -0.600. The van der Waals surface area contributed by atoms with Crippen LogP contribution < -0.4 is 5.73 Å². The summed E-state index contributed by atoms with van der Waals surface area (Å²) in [5.41, 5.74) is 7.06. The van der Waals surface area contributed by atoms with E-state index in [-0.39, 0.29) is 18.2 Å². The molecule has 0 aliphatic heterocycles. The van der Waals surface area contributed by atoms with Crippen LogP contribution >= 0.6 is 12.4 Å². The maximum Gasteiger partial charge on any atom is 0.126 e. The molecule has 68 valence electrons. The molecule has 1 aromatic rings. The summed E-state index contributed by atoms with van der Waals surface area (Å²) in [6.45, 7) is 2.40. The van der Waals surface area contributed by atoms with Gasteiger partial charge in [0.05, 0.1) is 0 Å². The molecule has 0 amide bonds. The summed E-state index contributed by atoms with van der Waals surface area (Å²) >= 11 is 0. The average Bonchev–Trinajstić information content (AvgIpc) is 1.97. The Bertz CT molecular complexity index is 230. The maximum atomic E-state index is 13.0. The molecule has 1 nitrogen and oxygen atoms in total. The number of hydrogen-bond donors (Lipinski definition) is 1. The van der Waals surface area contributed by atoms with Crippen molar-refractivity contribution in [3.05, 3.63) is 35.1 Å². The normalized spacial score (nSPS) is 9.25. The molecular formula is C9H13ClFN. The van der Waals surface area contributed by atoms with Crippen molar-refractivity contribution >= 4 is 12.4 Å². The highest BCUT2D eigenvalue weighted by atomic mass is 35.5. The van der Waals surface area contributed by atoms with Gasteiger partial charge in [-0.15, -0.1) is 12.4 Å². The van der Waals surface area contributed by atoms with E-state index < -0.39 is 0 Å². The number of benzene rings is 1. The molecule has 0 aliphatic carbocycles. The Morgan fingerprint density at radius 2 is 2.08 bits per heavy atom. The summed E-state index contributed by atoms with van der Waals surface area (Å²) in [6.07, 6.45) is 0.624. The quantitative estimate of drug-likeness (QED) is 0.758. The first-order chi connectivity index (χ1) is 5.25. The van der Waals surface area contributed by atoms with Crippen LogP contribution in [0.15, 0.2) is 18.2 Å². The molecule has 1 rings (SSSR count). The highest BCUT2D eigenvalue weighted by Crippen LogP contribution is 2.12. The SMILES string of the molecule is Cc1cccc(F)c1CCN.Cl. The minimum atomic E-state index is -0.143. The molecule has 0 bridgehead atoms. The molecule has 0 aliphatic rings. The molecule has 0 radical (unpaired) electrons. The van der Waals surface area contributed by atoms with Crippen molar-refractivity contribution < 1.29 is 4.39 Å². The molecule has 12 heavy (non-hydrogen) atoms. The molecule has 0 atom stereocenters. The van der Waals surface area contributed by atoms with Crippen LogP contribution in [0.1, 0.15) is 11.1 Å². The summed E-state index contributed by atoms with van der Waals surface area (Å²) in [6, 6.07) is 5.08. The highest BCUT2D eigenvalue weighted by molar-refractivity contribution is 5.85. The van der Waals surface area contributed by atoms with Crippen molar-refractivity contribution in [2.45, 2.75) is 13.3 Å². The van der Waals surface area contributed by atoms with Crippen molar-refractivity contribution in [1.82, 2.24) is 0 Å². The van der Waals surface area contributed by atoms with Crippen molar-refractivity contribution in [3.63, 3.8) is 0 Å². The Kier molecular flexibility index (Phi) is 4.86. The Morgan fingerprint density at radius 1 is 1.42 bits per heavy atom. The maximum absolute atomic E-state index is 13.0. The van der Waals surface area contributed by atoms with Crippen molar-refractivity contribution in [2.24, 2.45) is 5.73 Å². The zero-order valence-corrected chi connectivity index (χ0v) is 7.83. The molecule has 3 heteroatoms. The van der Waals surface area contributed by atoms with Gasteiger partial charge in [-0.25, -0.2) is 4.39 Å². The van der Waals surface area contributed by atoms with Crippen LogP contribution in [0.4, 0.5) is 4.39 Å². The minimum absolute atomic E-state index is 0. The van der Waals surface area contributed by atoms with E-state index in [4.69, 9.17) is 5.73 Å². The lowest BCUT2D eigenvalue weighted by atomic mass is 10.1. The van der Waals surface area contributed by atoms with Crippen molar-refractivity contribution in [2.75, 3.05) is 6.54 Å². The molecule has 0 aromatic heterocycles. The van der Waals surface area contributed by atoms with Gasteiger partial charge in [0, 0.05) is 0 Å². The molecule has 0 saturated carbocycles. The molecule has 0 heterocycles. The van der Waals surface area contributed by atoms with E-state index in [0.29, 0.717) is 13.0 Å². The Balaban J connectivity index is 0.00000121. The molecule has 2 N–H and O–H groups in total. The van der Waals surface area contributed by atoms with E-state index >= 15 is 0 Å². The van der Waals surface area contributed by atoms with Crippen LogP contribution in [0.25, 0.3) is 0 Å². The minimum Gasteiger partial charge on any atom is -0.330 e. The van der Waals surface area contributed by atoms with Gasteiger partial charge in [0.2, 0.25) is 0 Å². The van der Waals surface area contributed by atoms with Gasteiger partial charge in [-0.05, 0) is 37.1 Å².